The van der Waals surface area contributed by atoms with E-state index < -0.39 is 0 Å². The summed E-state index contributed by atoms with van der Waals surface area (Å²) in [6.45, 7) is 6.93. The van der Waals surface area contributed by atoms with Gasteiger partial charge in [-0.1, -0.05) is 0 Å². The molecule has 2 fully saturated rings. The Balaban J connectivity index is 1.41. The highest BCUT2D eigenvalue weighted by molar-refractivity contribution is 5.89. The Morgan fingerprint density at radius 1 is 1.31 bits per heavy atom. The molecule has 3 aromatic heterocycles. The van der Waals surface area contributed by atoms with Crippen LogP contribution in [0.5, 0.6) is 0 Å². The summed E-state index contributed by atoms with van der Waals surface area (Å²) in [5, 5.41) is 10.9. The second kappa shape index (κ2) is 6.68. The molecule has 2 saturated heterocycles. The minimum atomic E-state index is 0.153. The van der Waals surface area contributed by atoms with Crippen molar-refractivity contribution in [3.8, 4) is 0 Å². The Kier molecular flexibility index (Phi) is 3.85. The molecule has 0 aromatic carbocycles. The third-order valence-electron chi connectivity index (χ3n) is 5.93. The summed E-state index contributed by atoms with van der Waals surface area (Å²) < 4.78 is 8.29. The van der Waals surface area contributed by atoms with Gasteiger partial charge >= 0.3 is 0 Å². The highest BCUT2D eigenvalue weighted by atomic mass is 16.2. The first-order chi connectivity index (χ1) is 14.4. The van der Waals surface area contributed by atoms with Crippen LogP contribution in [0.2, 0.25) is 0 Å². The lowest BCUT2D eigenvalue weighted by Crippen LogP contribution is -2.61. The topological polar surface area (TPSA) is 103 Å². The normalized spacial score (nSPS) is 18.6. The number of aryl methyl sites for hydroxylation is 1. The van der Waals surface area contributed by atoms with E-state index in [0.29, 0.717) is 34.7 Å². The smallest absolute Gasteiger partial charge is 0.229 e. The van der Waals surface area contributed by atoms with Gasteiger partial charge in [-0.25, -0.2) is 4.98 Å². The number of likely N-dealkylation sites (tertiary alicyclic amines) is 1. The number of hydrogen-bond acceptors (Lipinski definition) is 7. The minimum Gasteiger partial charge on any atom is -0.343 e. The van der Waals surface area contributed by atoms with Crippen LogP contribution in [0.1, 0.15) is 26.8 Å². The first-order valence-corrected chi connectivity index (χ1v) is 9.85. The number of nitrogens with zero attached hydrogens (tertiary/aromatic N) is 6. The monoisotopic (exact) mass is 393 g/mol. The van der Waals surface area contributed by atoms with Crippen LogP contribution in [0, 0.1) is 12.3 Å². The molecule has 1 amide bonds. The maximum Gasteiger partial charge on any atom is 0.229 e. The second-order valence-corrected chi connectivity index (χ2v) is 8.08. The van der Waals surface area contributed by atoms with E-state index in [9.17, 15) is 4.79 Å². The fourth-order valence-corrected chi connectivity index (χ4v) is 4.24. The molecule has 2 aliphatic rings. The Morgan fingerprint density at radius 2 is 2.10 bits per heavy atom. The number of nitrogens with one attached hydrogen (secondary N) is 2. The standard InChI is InChI=1S/C20H24N8O/c1-13-10-16(26-25-13)22-18-15-4-3-7-21-17(15)23-19(24-18)28-11-20(12-28)5-8-27(9-6-20)14(2)29/h3-4,7,10H,5-6,8-9,11-12H2,1-2H3,(H2,21,22,23,24,25,26)/i4D. The Morgan fingerprint density at radius 3 is 2.79 bits per heavy atom. The van der Waals surface area contributed by atoms with Gasteiger partial charge in [0.2, 0.25) is 11.9 Å². The number of carbonyl (C=O) groups is 1. The number of aromatic nitrogens is 5. The van der Waals surface area contributed by atoms with Gasteiger partial charge in [0.1, 0.15) is 5.82 Å². The van der Waals surface area contributed by atoms with Gasteiger partial charge in [0.15, 0.2) is 11.5 Å². The summed E-state index contributed by atoms with van der Waals surface area (Å²) in [6, 6.07) is 3.83. The molecule has 0 saturated carbocycles. The Hall–Kier alpha value is -3.23. The van der Waals surface area contributed by atoms with Crippen molar-refractivity contribution in [2.45, 2.75) is 26.7 Å². The summed E-state index contributed by atoms with van der Waals surface area (Å²) in [7, 11) is 0. The van der Waals surface area contributed by atoms with Gasteiger partial charge in [-0.3, -0.25) is 9.89 Å². The molecule has 0 atom stereocenters. The van der Waals surface area contributed by atoms with Crippen LogP contribution in [0.4, 0.5) is 17.6 Å². The lowest BCUT2D eigenvalue weighted by molar-refractivity contribution is -0.131. The van der Waals surface area contributed by atoms with E-state index in [0.717, 1.165) is 44.7 Å². The summed E-state index contributed by atoms with van der Waals surface area (Å²) in [5.41, 5.74) is 1.65. The number of hydrogen-bond donors (Lipinski definition) is 2. The summed E-state index contributed by atoms with van der Waals surface area (Å²) >= 11 is 0. The third kappa shape index (κ3) is 3.26. The van der Waals surface area contributed by atoms with Crippen molar-refractivity contribution in [2.24, 2.45) is 5.41 Å². The van der Waals surface area contributed by atoms with Crippen LogP contribution in [-0.4, -0.2) is 62.1 Å². The molecule has 0 aliphatic carbocycles. The molecule has 5 heterocycles. The number of aromatic amines is 1. The van der Waals surface area contributed by atoms with Gasteiger partial charge < -0.3 is 15.1 Å². The first kappa shape index (κ1) is 16.7. The SMILES string of the molecule is [2H]c1ccnc2nc(N3CC4(CCN(C(C)=O)CC4)C3)nc(Nc3cc(C)[nH]n3)c12. The van der Waals surface area contributed by atoms with E-state index in [-0.39, 0.29) is 11.3 Å². The van der Waals surface area contributed by atoms with Crippen LogP contribution in [0.3, 0.4) is 0 Å². The molecule has 3 aromatic rings. The molecular formula is C20H24N8O. The van der Waals surface area contributed by atoms with E-state index >= 15 is 0 Å². The molecule has 29 heavy (non-hydrogen) atoms. The zero-order valence-electron chi connectivity index (χ0n) is 17.6. The van der Waals surface area contributed by atoms with Crippen molar-refractivity contribution in [1.82, 2.24) is 30.0 Å². The van der Waals surface area contributed by atoms with Crippen LogP contribution in [-0.2, 0) is 4.79 Å². The first-order valence-electron chi connectivity index (χ1n) is 10.4. The number of H-pyrrole nitrogens is 1. The van der Waals surface area contributed by atoms with Crippen molar-refractivity contribution < 1.29 is 6.17 Å². The highest BCUT2D eigenvalue weighted by Gasteiger charge is 2.46. The Bertz CT molecular complexity index is 1110. The molecule has 9 nitrogen and oxygen atoms in total. The molecule has 0 radical (unpaired) electrons. The molecule has 2 N–H and O–H groups in total. The van der Waals surface area contributed by atoms with Crippen molar-refractivity contribution in [3.63, 3.8) is 0 Å². The fourth-order valence-electron chi connectivity index (χ4n) is 4.24. The predicted molar refractivity (Wildman–Crippen MR) is 110 cm³/mol. The lowest BCUT2D eigenvalue weighted by Gasteiger charge is -2.53. The summed E-state index contributed by atoms with van der Waals surface area (Å²) in [5.74, 6) is 1.93. The van der Waals surface area contributed by atoms with Crippen molar-refractivity contribution in [2.75, 3.05) is 36.4 Å². The van der Waals surface area contributed by atoms with E-state index in [2.05, 4.69) is 30.4 Å². The quantitative estimate of drug-likeness (QED) is 0.703. The summed E-state index contributed by atoms with van der Waals surface area (Å²) in [6.07, 6.45) is 3.60. The van der Waals surface area contributed by atoms with Crippen LogP contribution >= 0.6 is 0 Å². The molecule has 150 valence electrons. The van der Waals surface area contributed by atoms with Gasteiger partial charge in [0.05, 0.1) is 6.76 Å². The molecule has 0 unspecified atom stereocenters. The number of anilines is 3. The van der Waals surface area contributed by atoms with E-state index in [1.807, 2.05) is 17.9 Å². The number of fused-ring (bicyclic) bond motifs is 1. The predicted octanol–water partition coefficient (Wildman–Crippen LogP) is 2.25. The molecule has 9 heteroatoms. The molecule has 2 aliphatic heterocycles. The lowest BCUT2D eigenvalue weighted by atomic mass is 9.72. The average molecular weight is 393 g/mol. The maximum absolute atomic E-state index is 11.6. The fraction of sp³-hybridized carbons (Fsp3) is 0.450. The zero-order valence-corrected chi connectivity index (χ0v) is 16.6. The van der Waals surface area contributed by atoms with Gasteiger partial charge in [0, 0.05) is 56.5 Å². The van der Waals surface area contributed by atoms with Gasteiger partial charge in [-0.15, -0.1) is 0 Å². The van der Waals surface area contributed by atoms with Gasteiger partial charge in [0.25, 0.3) is 0 Å². The number of rotatable bonds is 3. The van der Waals surface area contributed by atoms with Crippen molar-refractivity contribution >= 4 is 34.5 Å². The average Bonchev–Trinajstić information content (AvgIpc) is 3.10. The Labute approximate surface area is 170 Å². The maximum atomic E-state index is 11.6. The van der Waals surface area contributed by atoms with Gasteiger partial charge in [-0.2, -0.15) is 15.1 Å². The number of amides is 1. The molecule has 1 spiro atoms. The number of piperidine rings is 1. The zero-order chi connectivity index (χ0) is 20.9. The molecule has 5 rings (SSSR count). The van der Waals surface area contributed by atoms with Gasteiger partial charge in [-0.05, 0) is 31.9 Å². The highest BCUT2D eigenvalue weighted by Crippen LogP contribution is 2.42. The van der Waals surface area contributed by atoms with E-state index in [1.165, 1.54) is 0 Å². The number of pyridine rings is 1. The van der Waals surface area contributed by atoms with E-state index in [1.54, 1.807) is 19.2 Å². The summed E-state index contributed by atoms with van der Waals surface area (Å²) in [4.78, 5) is 29.4. The second-order valence-electron chi connectivity index (χ2n) is 8.08. The largest absolute Gasteiger partial charge is 0.343 e. The molecular weight excluding hydrogens is 368 g/mol. The van der Waals surface area contributed by atoms with Crippen molar-refractivity contribution in [3.05, 3.63) is 30.1 Å². The van der Waals surface area contributed by atoms with E-state index in [4.69, 9.17) is 6.35 Å². The van der Waals surface area contributed by atoms with Crippen LogP contribution < -0.4 is 10.2 Å². The number of carbonyl (C=O) groups excluding carboxylic acids is 1. The third-order valence-corrected chi connectivity index (χ3v) is 5.93. The minimum absolute atomic E-state index is 0.153. The van der Waals surface area contributed by atoms with Crippen LogP contribution in [0.25, 0.3) is 11.0 Å². The molecule has 0 bridgehead atoms. The van der Waals surface area contributed by atoms with Crippen molar-refractivity contribution in [1.29, 1.82) is 0 Å². The van der Waals surface area contributed by atoms with Crippen LogP contribution in [0.15, 0.2) is 24.4 Å².